The molecule has 1 rings (SSSR count). The number of hydrogen-bond donors (Lipinski definition) is 0. The molecule has 1 fully saturated rings. The topological polar surface area (TPSA) is 81.7 Å². The van der Waals surface area contributed by atoms with Crippen molar-refractivity contribution in [3.63, 3.8) is 0 Å². The first-order chi connectivity index (χ1) is 12.9. The Morgan fingerprint density at radius 2 is 1.43 bits per heavy atom. The fraction of sp³-hybridized carbons (Fsp3) is 1.00. The predicted octanol–water partition coefficient (Wildman–Crippen LogP) is 3.00. The van der Waals surface area contributed by atoms with Gasteiger partial charge in [-0.1, -0.05) is 0 Å². The molecule has 8 nitrogen and oxygen atoms in total. The summed E-state index contributed by atoms with van der Waals surface area (Å²) < 4.78 is 54.1. The Morgan fingerprint density at radius 1 is 0.964 bits per heavy atom. The van der Waals surface area contributed by atoms with E-state index in [0.717, 1.165) is 6.42 Å². The van der Waals surface area contributed by atoms with Gasteiger partial charge in [0.15, 0.2) is 0 Å². The minimum absolute atomic E-state index is 0.0138. The molecule has 171 valence electrons. The molecule has 1 aliphatic rings. The van der Waals surface area contributed by atoms with Crippen LogP contribution in [0.3, 0.4) is 0 Å². The van der Waals surface area contributed by atoms with Crippen molar-refractivity contribution in [1.29, 1.82) is 0 Å². The van der Waals surface area contributed by atoms with Crippen LogP contribution >= 0.6 is 0 Å². The third kappa shape index (κ3) is 8.69. The molecular weight excluding hydrogens is 496 g/mol. The molecule has 0 amide bonds. The molecule has 0 aromatic rings. The van der Waals surface area contributed by atoms with Crippen LogP contribution < -0.4 is 0 Å². The van der Waals surface area contributed by atoms with Crippen LogP contribution in [-0.2, 0) is 47.2 Å². The van der Waals surface area contributed by atoms with Gasteiger partial charge in [0.1, 0.15) is 0 Å². The van der Waals surface area contributed by atoms with Gasteiger partial charge in [-0.05, 0) is 0 Å². The molecule has 3 unspecified atom stereocenters. The van der Waals surface area contributed by atoms with Crippen LogP contribution in [0.2, 0.25) is 55.0 Å². The van der Waals surface area contributed by atoms with Gasteiger partial charge in [-0.2, -0.15) is 0 Å². The van der Waals surface area contributed by atoms with Crippen LogP contribution in [0.4, 0.5) is 0 Å². The molecule has 3 atom stereocenters. The molecule has 0 spiro atoms. The molecule has 0 bridgehead atoms. The van der Waals surface area contributed by atoms with Crippen molar-refractivity contribution >= 4 is 44.5 Å². The van der Waals surface area contributed by atoms with Gasteiger partial charge < -0.3 is 0 Å². The maximum absolute atomic E-state index is 12.8. The van der Waals surface area contributed by atoms with Crippen LogP contribution in [0.15, 0.2) is 0 Å². The summed E-state index contributed by atoms with van der Waals surface area (Å²) in [5, 5.41) is 0.608. The summed E-state index contributed by atoms with van der Waals surface area (Å²) in [4.78, 5) is 0.0138. The average molecular weight is 534 g/mol. The van der Waals surface area contributed by atoms with E-state index in [1.807, 2.05) is 33.1 Å². The molecule has 28 heavy (non-hydrogen) atoms. The van der Waals surface area contributed by atoms with E-state index in [-0.39, 0.29) is 4.85 Å². The first-order valence-electron chi connectivity index (χ1n) is 9.51. The van der Waals surface area contributed by atoms with E-state index in [1.54, 1.807) is 21.3 Å². The first-order valence-corrected chi connectivity index (χ1v) is 22.7. The standard InChI is InChI=1S/C8H23O4Si4.C6H15O3Si.Co.O/c1-7-8-16(6)11-13(2)9-15(4,5)10-14(3)12-16;1-5-6-10(7-2,8-3)9-4;;/h7,13-14H,8H2,1-6H3;1,5-6H2,2-4H3;;. The summed E-state index contributed by atoms with van der Waals surface area (Å²) in [6, 6.07) is 1.34. The third-order valence-electron chi connectivity index (χ3n) is 4.44. The summed E-state index contributed by atoms with van der Waals surface area (Å²) in [6.45, 7) is 12.2. The van der Waals surface area contributed by atoms with E-state index in [2.05, 4.69) is 6.55 Å². The van der Waals surface area contributed by atoms with Gasteiger partial charge in [-0.25, -0.2) is 0 Å². The average Bonchev–Trinajstić information content (AvgIpc) is 2.56. The van der Waals surface area contributed by atoms with Crippen molar-refractivity contribution in [2.45, 2.75) is 68.4 Å². The van der Waals surface area contributed by atoms with E-state index >= 15 is 0 Å². The molecule has 0 aliphatic carbocycles. The molecular formula is C14H38CoO8Si5. The van der Waals surface area contributed by atoms with E-state index in [4.69, 9.17) is 29.7 Å². The quantitative estimate of drug-likeness (QED) is 0.397. The number of rotatable bonds is 10. The molecule has 14 heteroatoms. The van der Waals surface area contributed by atoms with Gasteiger partial charge in [-0.3, -0.25) is 0 Å². The zero-order chi connectivity index (χ0) is 21.6. The zero-order valence-electron chi connectivity index (χ0n) is 18.7. The monoisotopic (exact) mass is 533 g/mol. The van der Waals surface area contributed by atoms with Crippen LogP contribution in [0, 0.1) is 0 Å². The van der Waals surface area contributed by atoms with Crippen molar-refractivity contribution in [2.24, 2.45) is 0 Å². The summed E-state index contributed by atoms with van der Waals surface area (Å²) in [5.74, 6) is 0. The summed E-state index contributed by atoms with van der Waals surface area (Å²) >= 11 is -1.37. The van der Waals surface area contributed by atoms with Crippen LogP contribution in [0.5, 0.6) is 0 Å². The van der Waals surface area contributed by atoms with E-state index in [9.17, 15) is 3.87 Å². The SMILES string of the molecule is CO[Si](CC[CH2][Co](=[O])[CH](C)C[Si]1(C)O[SiH](C)O[Si](C)(C)O[SiH](C)O1)(OC)OC. The third-order valence-corrected chi connectivity index (χ3v) is 25.1. The second kappa shape index (κ2) is 11.7. The van der Waals surface area contributed by atoms with Crippen LogP contribution in [0.1, 0.15) is 13.3 Å². The molecule has 1 saturated heterocycles. The molecule has 0 aromatic heterocycles. The van der Waals surface area contributed by atoms with Crippen LogP contribution in [-0.4, -0.2) is 65.8 Å². The van der Waals surface area contributed by atoms with Crippen molar-refractivity contribution in [1.82, 2.24) is 0 Å². The summed E-state index contributed by atoms with van der Waals surface area (Å²) in [6.07, 6.45) is 0.739. The predicted molar refractivity (Wildman–Crippen MR) is 115 cm³/mol. The van der Waals surface area contributed by atoms with E-state index in [1.165, 1.54) is 0 Å². The zero-order valence-corrected chi connectivity index (χ0v) is 25.0. The van der Waals surface area contributed by atoms with Crippen molar-refractivity contribution < 1.29 is 47.2 Å². The van der Waals surface area contributed by atoms with E-state index < -0.39 is 58.1 Å². The molecule has 0 radical (unpaired) electrons. The van der Waals surface area contributed by atoms with Gasteiger partial charge >= 0.3 is 181 Å². The molecule has 1 aliphatic heterocycles. The van der Waals surface area contributed by atoms with Gasteiger partial charge in [0.2, 0.25) is 0 Å². The second-order valence-electron chi connectivity index (χ2n) is 7.46. The molecule has 1 heterocycles. The van der Waals surface area contributed by atoms with E-state index in [0.29, 0.717) is 17.4 Å². The number of hydrogen-bond acceptors (Lipinski definition) is 8. The Balaban J connectivity index is 2.63. The molecule has 0 aromatic carbocycles. The minimum atomic E-state index is -2.61. The Bertz CT molecular complexity index is 486. The maximum atomic E-state index is 12.8. The van der Waals surface area contributed by atoms with Crippen molar-refractivity contribution in [3.05, 3.63) is 0 Å². The Kier molecular flexibility index (Phi) is 11.3. The van der Waals surface area contributed by atoms with Crippen LogP contribution in [0.25, 0.3) is 0 Å². The molecule has 0 N–H and O–H groups in total. The summed E-state index contributed by atoms with van der Waals surface area (Å²) in [5.41, 5.74) is 0. The normalized spacial score (nSPS) is 30.4. The fourth-order valence-corrected chi connectivity index (χ4v) is 25.0. The Morgan fingerprint density at radius 3 is 1.86 bits per heavy atom. The van der Waals surface area contributed by atoms with Crippen molar-refractivity contribution in [2.75, 3.05) is 21.3 Å². The van der Waals surface area contributed by atoms with Gasteiger partial charge in [0.05, 0.1) is 0 Å². The Hall–Kier alpha value is 1.11. The first kappa shape index (κ1) is 27.1. The Labute approximate surface area is 181 Å². The second-order valence-corrected chi connectivity index (χ2v) is 24.6. The van der Waals surface area contributed by atoms with Gasteiger partial charge in [0, 0.05) is 0 Å². The fourth-order valence-electron chi connectivity index (χ4n) is 3.38. The van der Waals surface area contributed by atoms with Crippen molar-refractivity contribution in [3.8, 4) is 0 Å². The van der Waals surface area contributed by atoms with Gasteiger partial charge in [0.25, 0.3) is 0 Å². The molecule has 0 saturated carbocycles. The van der Waals surface area contributed by atoms with Gasteiger partial charge in [-0.15, -0.1) is 0 Å². The summed E-state index contributed by atoms with van der Waals surface area (Å²) in [7, 11) is -6.13.